The van der Waals surface area contributed by atoms with Gasteiger partial charge in [-0.25, -0.2) is 0 Å². The highest BCUT2D eigenvalue weighted by atomic mass is 16.6. The number of hydrogen-bond acceptors (Lipinski definition) is 5. The fourth-order valence-corrected chi connectivity index (χ4v) is 7.51. The van der Waals surface area contributed by atoms with Gasteiger partial charge in [-0.15, -0.1) is 0 Å². The van der Waals surface area contributed by atoms with Crippen LogP contribution in [-0.2, 0) is 23.8 Å². The lowest BCUT2D eigenvalue weighted by atomic mass is 10.1. The van der Waals surface area contributed by atoms with Crippen LogP contribution in [0.25, 0.3) is 0 Å². The number of ether oxygens (including phenoxy) is 3. The zero-order valence-electron chi connectivity index (χ0n) is 45.5. The van der Waals surface area contributed by atoms with Crippen molar-refractivity contribution in [2.24, 2.45) is 0 Å². The van der Waals surface area contributed by atoms with Crippen LogP contribution < -0.4 is 0 Å². The highest BCUT2D eigenvalue weighted by molar-refractivity contribution is 5.70. The summed E-state index contributed by atoms with van der Waals surface area (Å²) in [7, 11) is 0. The summed E-state index contributed by atoms with van der Waals surface area (Å²) in [4.78, 5) is 25.5. The molecule has 0 heterocycles. The second-order valence-corrected chi connectivity index (χ2v) is 18.4. The number of rotatable bonds is 51. The topological polar surface area (TPSA) is 61.8 Å². The van der Waals surface area contributed by atoms with Gasteiger partial charge >= 0.3 is 11.9 Å². The molecule has 0 fully saturated rings. The second-order valence-electron chi connectivity index (χ2n) is 18.4. The largest absolute Gasteiger partial charge is 0.462 e. The van der Waals surface area contributed by atoms with E-state index in [1.807, 2.05) is 0 Å². The van der Waals surface area contributed by atoms with Crippen molar-refractivity contribution in [2.45, 2.75) is 245 Å². The highest BCUT2D eigenvalue weighted by Crippen LogP contribution is 2.14. The predicted molar refractivity (Wildman–Crippen MR) is 306 cm³/mol. The molecular weight excluding hydrogens is 861 g/mol. The lowest BCUT2D eigenvalue weighted by molar-refractivity contribution is -0.163. The van der Waals surface area contributed by atoms with E-state index in [2.05, 4.69) is 154 Å². The zero-order valence-corrected chi connectivity index (χ0v) is 45.5. The van der Waals surface area contributed by atoms with Gasteiger partial charge in [-0.2, -0.15) is 0 Å². The molecule has 1 unspecified atom stereocenters. The van der Waals surface area contributed by atoms with Crippen molar-refractivity contribution in [3.05, 3.63) is 134 Å². The molecular formula is C65H106O5. The standard InChI is InChI=1S/C65H106O5/c1-4-7-10-13-16-19-22-25-28-31-32-33-36-39-42-45-48-51-54-57-60-68-61-63(70-65(67)59-56-53-50-47-44-41-38-35-30-27-24-21-18-15-12-9-6-3)62-69-64(66)58-55-52-49-46-43-40-37-34-29-26-23-20-17-14-11-8-5-2/h7-12,16-21,25-30,32-33,37,40,63H,4-6,13-15,22-24,31,34-36,38-39,41-62H2,1-3H3/b10-7-,11-8-,12-9-,19-16-,20-17-,21-18-,28-25-,29-26-,30-27-,33-32-,40-37-. The highest BCUT2D eigenvalue weighted by Gasteiger charge is 2.17. The quantitative estimate of drug-likeness (QED) is 0.0345. The normalized spacial score (nSPS) is 13.2. The van der Waals surface area contributed by atoms with Crippen LogP contribution in [0.1, 0.15) is 239 Å². The Hall–Kier alpha value is -3.96. The minimum atomic E-state index is -0.569. The Morgan fingerprint density at radius 2 is 0.600 bits per heavy atom. The Morgan fingerprint density at radius 1 is 0.314 bits per heavy atom. The maximum Gasteiger partial charge on any atom is 0.306 e. The lowest BCUT2D eigenvalue weighted by Crippen LogP contribution is -2.30. The summed E-state index contributed by atoms with van der Waals surface area (Å²) in [6.07, 6.45) is 84.7. The molecule has 0 spiro atoms. The summed E-state index contributed by atoms with van der Waals surface area (Å²) in [6.45, 7) is 7.43. The minimum Gasteiger partial charge on any atom is -0.462 e. The van der Waals surface area contributed by atoms with Gasteiger partial charge in [-0.3, -0.25) is 9.59 Å². The number of esters is 2. The smallest absolute Gasteiger partial charge is 0.306 e. The van der Waals surface area contributed by atoms with Crippen molar-refractivity contribution in [2.75, 3.05) is 19.8 Å². The Kier molecular flexibility index (Phi) is 56.0. The number of unbranched alkanes of at least 4 members (excludes halogenated alkanes) is 18. The van der Waals surface area contributed by atoms with Crippen molar-refractivity contribution < 1.29 is 23.8 Å². The van der Waals surface area contributed by atoms with Crippen molar-refractivity contribution >= 4 is 11.9 Å². The molecule has 0 aromatic carbocycles. The van der Waals surface area contributed by atoms with Crippen LogP contribution in [0.15, 0.2) is 134 Å². The third-order valence-corrected chi connectivity index (χ3v) is 11.7. The van der Waals surface area contributed by atoms with E-state index in [1.165, 1.54) is 57.8 Å². The Bertz CT molecular complexity index is 1470. The maximum absolute atomic E-state index is 12.9. The average Bonchev–Trinajstić information content (AvgIpc) is 3.36. The molecule has 0 aliphatic carbocycles. The molecule has 0 aliphatic rings. The van der Waals surface area contributed by atoms with Crippen molar-refractivity contribution in [3.8, 4) is 0 Å². The first kappa shape index (κ1) is 66.0. The molecule has 5 heteroatoms. The number of allylic oxidation sites excluding steroid dienone is 22. The molecule has 70 heavy (non-hydrogen) atoms. The van der Waals surface area contributed by atoms with Gasteiger partial charge in [0.05, 0.1) is 6.61 Å². The molecule has 0 bridgehead atoms. The predicted octanol–water partition coefficient (Wildman–Crippen LogP) is 19.9. The Balaban J connectivity index is 4.39. The van der Waals surface area contributed by atoms with Gasteiger partial charge in [-0.1, -0.05) is 231 Å². The molecule has 5 nitrogen and oxygen atoms in total. The Morgan fingerprint density at radius 3 is 0.957 bits per heavy atom. The van der Waals surface area contributed by atoms with E-state index < -0.39 is 6.10 Å². The van der Waals surface area contributed by atoms with Gasteiger partial charge < -0.3 is 14.2 Å². The number of hydrogen-bond donors (Lipinski definition) is 0. The van der Waals surface area contributed by atoms with Crippen molar-refractivity contribution in [1.82, 2.24) is 0 Å². The van der Waals surface area contributed by atoms with Crippen LogP contribution in [0.2, 0.25) is 0 Å². The summed E-state index contributed by atoms with van der Waals surface area (Å²) in [6, 6.07) is 0. The fourth-order valence-electron chi connectivity index (χ4n) is 7.51. The van der Waals surface area contributed by atoms with Crippen LogP contribution >= 0.6 is 0 Å². The van der Waals surface area contributed by atoms with Crippen LogP contribution in [-0.4, -0.2) is 37.9 Å². The van der Waals surface area contributed by atoms with Crippen LogP contribution in [0, 0.1) is 0 Å². The van der Waals surface area contributed by atoms with E-state index >= 15 is 0 Å². The van der Waals surface area contributed by atoms with E-state index in [0.717, 1.165) is 148 Å². The van der Waals surface area contributed by atoms with Crippen LogP contribution in [0.4, 0.5) is 0 Å². The van der Waals surface area contributed by atoms with Gasteiger partial charge in [0.25, 0.3) is 0 Å². The molecule has 0 amide bonds. The van der Waals surface area contributed by atoms with Crippen LogP contribution in [0.3, 0.4) is 0 Å². The Labute approximate surface area is 432 Å². The fraction of sp³-hybridized carbons (Fsp3) is 0.631. The van der Waals surface area contributed by atoms with Gasteiger partial charge in [0, 0.05) is 19.4 Å². The monoisotopic (exact) mass is 967 g/mol. The summed E-state index contributed by atoms with van der Waals surface area (Å²) in [5, 5.41) is 0. The SMILES string of the molecule is CC/C=C\C/C=C\C/C=C\C/C=C\CCCCCCCCCOCC(COC(=O)CCCCCC/C=C\C/C=C\C/C=C\C/C=C\CC)OC(=O)CCCCCCCCC/C=C\C/C=C\C/C=C\CC. The van der Waals surface area contributed by atoms with Gasteiger partial charge in [0.15, 0.2) is 6.10 Å². The third kappa shape index (κ3) is 56.6. The van der Waals surface area contributed by atoms with E-state index in [0.29, 0.717) is 19.4 Å². The molecule has 0 aromatic rings. The summed E-state index contributed by atoms with van der Waals surface area (Å²) in [5.74, 6) is -0.448. The molecule has 0 aliphatic heterocycles. The first-order valence-electron chi connectivity index (χ1n) is 28.7. The first-order chi connectivity index (χ1) is 34.6. The lowest BCUT2D eigenvalue weighted by Gasteiger charge is -2.18. The molecule has 0 rings (SSSR count). The third-order valence-electron chi connectivity index (χ3n) is 11.7. The molecule has 0 saturated carbocycles. The first-order valence-corrected chi connectivity index (χ1v) is 28.7. The second kappa shape index (κ2) is 59.3. The van der Waals surface area contributed by atoms with Gasteiger partial charge in [-0.05, 0) is 128 Å². The van der Waals surface area contributed by atoms with Gasteiger partial charge in [0.1, 0.15) is 6.61 Å². The average molecular weight is 968 g/mol. The zero-order chi connectivity index (χ0) is 50.6. The molecule has 0 N–H and O–H groups in total. The molecule has 0 radical (unpaired) electrons. The minimum absolute atomic E-state index is 0.0554. The summed E-state index contributed by atoms with van der Waals surface area (Å²) in [5.41, 5.74) is 0. The molecule has 0 saturated heterocycles. The number of carbonyl (C=O) groups excluding carboxylic acids is 2. The van der Waals surface area contributed by atoms with Crippen molar-refractivity contribution in [1.29, 1.82) is 0 Å². The summed E-state index contributed by atoms with van der Waals surface area (Å²) < 4.78 is 17.5. The van der Waals surface area contributed by atoms with E-state index in [-0.39, 0.29) is 25.2 Å². The van der Waals surface area contributed by atoms with Crippen molar-refractivity contribution in [3.63, 3.8) is 0 Å². The van der Waals surface area contributed by atoms with Gasteiger partial charge in [0.2, 0.25) is 0 Å². The van der Waals surface area contributed by atoms with Crippen LogP contribution in [0.5, 0.6) is 0 Å². The maximum atomic E-state index is 12.9. The van der Waals surface area contributed by atoms with E-state index in [1.54, 1.807) is 0 Å². The number of carbonyl (C=O) groups is 2. The summed E-state index contributed by atoms with van der Waals surface area (Å²) >= 11 is 0. The molecule has 0 aromatic heterocycles. The van der Waals surface area contributed by atoms with E-state index in [9.17, 15) is 9.59 Å². The van der Waals surface area contributed by atoms with E-state index in [4.69, 9.17) is 14.2 Å². The molecule has 1 atom stereocenters. The molecule has 396 valence electrons.